The van der Waals surface area contributed by atoms with E-state index >= 15 is 0 Å². The lowest BCUT2D eigenvalue weighted by molar-refractivity contribution is -0.193. The highest BCUT2D eigenvalue weighted by Crippen LogP contribution is 2.69. The minimum atomic E-state index is -0.893. The van der Waals surface area contributed by atoms with E-state index in [4.69, 9.17) is 0 Å². The Bertz CT molecular complexity index is 1070. The number of amides is 2. The molecule has 0 aromatic carbocycles. The molecule has 4 fully saturated rings. The molecular weight excluding hydrogens is 661 g/mol. The van der Waals surface area contributed by atoms with E-state index in [1.807, 2.05) is 0 Å². The summed E-state index contributed by atoms with van der Waals surface area (Å²) in [4.78, 5) is 23.9. The number of hydrogen-bond acceptors (Lipinski definition) is 4. The van der Waals surface area contributed by atoms with Crippen molar-refractivity contribution in [1.82, 2.24) is 21.3 Å². The maximum Gasteiger partial charge on any atom is 0.404 e. The molecule has 6 N–H and O–H groups in total. The van der Waals surface area contributed by atoms with Crippen LogP contribution in [-0.2, 0) is 0 Å². The van der Waals surface area contributed by atoms with E-state index in [0.29, 0.717) is 35.5 Å². The first-order valence-electron chi connectivity index (χ1n) is 22.8. The van der Waals surface area contributed by atoms with E-state index < -0.39 is 12.2 Å². The van der Waals surface area contributed by atoms with Gasteiger partial charge in [0, 0.05) is 34.2 Å². The first-order chi connectivity index (χ1) is 25.3. The van der Waals surface area contributed by atoms with Crippen LogP contribution in [0.5, 0.6) is 0 Å². The molecule has 308 valence electrons. The summed E-state index contributed by atoms with van der Waals surface area (Å²) in [5.74, 6) is 3.16. The Kier molecular flexibility index (Phi) is 15.1. The van der Waals surface area contributed by atoms with Crippen LogP contribution in [-0.4, -0.2) is 56.6 Å². The van der Waals surface area contributed by atoms with Gasteiger partial charge >= 0.3 is 12.2 Å². The van der Waals surface area contributed by atoms with Crippen molar-refractivity contribution < 1.29 is 19.8 Å². The van der Waals surface area contributed by atoms with Crippen molar-refractivity contribution >= 4 is 12.2 Å². The second-order valence-electron chi connectivity index (χ2n) is 18.6. The Morgan fingerprint density at radius 1 is 0.528 bits per heavy atom. The molecule has 4 rings (SSSR count). The summed E-state index contributed by atoms with van der Waals surface area (Å²) < 4.78 is 0. The number of rotatable bonds is 16. The van der Waals surface area contributed by atoms with Crippen LogP contribution >= 0.6 is 0 Å². The van der Waals surface area contributed by atoms with Crippen molar-refractivity contribution in [3.8, 4) is 0 Å². The molecule has 2 saturated carbocycles. The average Bonchev–Trinajstić information content (AvgIpc) is 3.18. The summed E-state index contributed by atoms with van der Waals surface area (Å²) in [6.45, 7) is 24.5. The Morgan fingerprint density at radius 3 is 1.06 bits per heavy atom. The molecule has 0 spiro atoms. The Balaban J connectivity index is 2.10. The predicted molar refractivity (Wildman–Crippen MR) is 220 cm³/mol. The molecule has 0 radical (unpaired) electrons. The van der Waals surface area contributed by atoms with Gasteiger partial charge in [-0.25, -0.2) is 9.59 Å². The van der Waals surface area contributed by atoms with E-state index in [1.54, 1.807) is 0 Å². The maximum atomic E-state index is 11.9. The van der Waals surface area contributed by atoms with E-state index in [-0.39, 0.29) is 39.7 Å². The fourth-order valence-electron chi connectivity index (χ4n) is 14.6. The molecule has 2 heterocycles. The van der Waals surface area contributed by atoms with Gasteiger partial charge in [0.15, 0.2) is 0 Å². The highest BCUT2D eigenvalue weighted by molar-refractivity contribution is 5.65. The van der Waals surface area contributed by atoms with Gasteiger partial charge < -0.3 is 31.5 Å². The highest BCUT2D eigenvalue weighted by atomic mass is 16.4. The largest absolute Gasteiger partial charge is 0.465 e. The molecule has 0 aromatic rings. The van der Waals surface area contributed by atoms with Crippen LogP contribution in [0.3, 0.4) is 0 Å². The summed E-state index contributed by atoms with van der Waals surface area (Å²) in [6, 6.07) is 0.0434. The third-order valence-electron chi connectivity index (χ3n) is 17.6. The van der Waals surface area contributed by atoms with Crippen LogP contribution in [0, 0.1) is 40.9 Å². The molecule has 2 aliphatic heterocycles. The van der Waals surface area contributed by atoms with Crippen LogP contribution in [0.25, 0.3) is 0 Å². The van der Waals surface area contributed by atoms with Gasteiger partial charge in [0.25, 0.3) is 0 Å². The molecule has 2 amide bonds. The van der Waals surface area contributed by atoms with Gasteiger partial charge in [0.1, 0.15) is 0 Å². The van der Waals surface area contributed by atoms with Crippen LogP contribution < -0.4 is 21.3 Å². The quantitative estimate of drug-likeness (QED) is 0.0935. The fourth-order valence-corrected chi connectivity index (χ4v) is 14.6. The monoisotopic (exact) mass is 745 g/mol. The fraction of sp³-hybridized carbons (Fsp3) is 0.956. The van der Waals surface area contributed by atoms with E-state index in [1.165, 1.54) is 12.8 Å². The summed E-state index contributed by atoms with van der Waals surface area (Å²) in [5, 5.41) is 34.4. The van der Waals surface area contributed by atoms with Crippen molar-refractivity contribution in [1.29, 1.82) is 0 Å². The molecule has 8 nitrogen and oxygen atoms in total. The van der Waals surface area contributed by atoms with E-state index in [9.17, 15) is 19.8 Å². The summed E-state index contributed by atoms with van der Waals surface area (Å²) >= 11 is 0. The topological polar surface area (TPSA) is 123 Å². The lowest BCUT2D eigenvalue weighted by Gasteiger charge is -2.71. The Labute approximate surface area is 325 Å². The maximum absolute atomic E-state index is 11.9. The smallest absolute Gasteiger partial charge is 0.404 e. The predicted octanol–water partition coefficient (Wildman–Crippen LogP) is 11.1. The summed E-state index contributed by atoms with van der Waals surface area (Å²) in [5.41, 5.74) is 0.335. The first-order valence-corrected chi connectivity index (χ1v) is 22.8. The third-order valence-corrected chi connectivity index (χ3v) is 17.6. The Hall–Kier alpha value is -1.54. The first kappa shape index (κ1) is 44.2. The van der Waals surface area contributed by atoms with Gasteiger partial charge in [0.2, 0.25) is 0 Å². The van der Waals surface area contributed by atoms with E-state index in [0.717, 1.165) is 116 Å². The number of carboxylic acid groups (broad SMARTS) is 2. The molecule has 8 heteroatoms. The van der Waals surface area contributed by atoms with Crippen molar-refractivity contribution in [3.05, 3.63) is 0 Å². The van der Waals surface area contributed by atoms with E-state index in [2.05, 4.69) is 90.5 Å². The molecular formula is C45H84N4O4. The zero-order valence-corrected chi connectivity index (χ0v) is 36.0. The van der Waals surface area contributed by atoms with Crippen molar-refractivity contribution in [2.24, 2.45) is 40.9 Å². The number of piperidine rings is 2. The van der Waals surface area contributed by atoms with Gasteiger partial charge in [-0.2, -0.15) is 0 Å². The van der Waals surface area contributed by atoms with Crippen LogP contribution in [0.2, 0.25) is 0 Å². The average molecular weight is 745 g/mol. The third kappa shape index (κ3) is 8.17. The normalized spacial score (nSPS) is 34.8. The number of nitrogens with one attached hydrogen (secondary N) is 4. The van der Waals surface area contributed by atoms with Gasteiger partial charge in [-0.3, -0.25) is 0 Å². The molecule has 4 aliphatic rings. The molecule has 4 unspecified atom stereocenters. The van der Waals surface area contributed by atoms with Gasteiger partial charge in [-0.15, -0.1) is 0 Å². The SMILES string of the molecule is CCC1C(C(C2CCC(NC(=O)O)CC2)(C2CCC(NC(=O)O)CC2)C2CC(CC)(CC)NC(CC)(CC)C2CC)CC(CC)(CC)NC1(CC)CC. The highest BCUT2D eigenvalue weighted by Gasteiger charge is 2.67. The molecule has 2 saturated heterocycles. The van der Waals surface area contributed by atoms with Gasteiger partial charge in [-0.1, -0.05) is 82.1 Å². The standard InChI is InChI=1S/C45H84N4O4/c1-11-35-37(29-41(13-3,14-4)48-43(35,17-7)18-8)45(31-21-25-33(26-22-31)46-39(50)51,32-23-27-34(28-24-32)47-40(52)53)38-30-42(15-5,16-6)49-44(19-9,20-10)36(38)12-2/h31-38,46-49H,11-30H2,1-10H3,(H,50,51)(H,52,53). The molecule has 2 aliphatic carbocycles. The summed E-state index contributed by atoms with van der Waals surface area (Å²) in [6.07, 6.45) is 20.0. The van der Waals surface area contributed by atoms with Crippen LogP contribution in [0.15, 0.2) is 0 Å². The minimum absolute atomic E-state index is 0.0217. The second-order valence-corrected chi connectivity index (χ2v) is 18.6. The molecule has 53 heavy (non-hydrogen) atoms. The number of carbonyl (C=O) groups is 2. The lowest BCUT2D eigenvalue weighted by atomic mass is 9.38. The molecule has 4 atom stereocenters. The van der Waals surface area contributed by atoms with Crippen molar-refractivity contribution in [2.75, 3.05) is 0 Å². The molecule has 0 bridgehead atoms. The zero-order valence-electron chi connectivity index (χ0n) is 36.0. The minimum Gasteiger partial charge on any atom is -0.465 e. The number of hydrogen-bond donors (Lipinski definition) is 6. The Morgan fingerprint density at radius 2 is 0.830 bits per heavy atom. The van der Waals surface area contributed by atoms with Crippen molar-refractivity contribution in [2.45, 2.75) is 232 Å². The molecule has 0 aromatic heterocycles. The summed E-state index contributed by atoms with van der Waals surface area (Å²) in [7, 11) is 0. The van der Waals surface area contributed by atoms with Crippen LogP contribution in [0.1, 0.15) is 198 Å². The van der Waals surface area contributed by atoms with Crippen molar-refractivity contribution in [3.63, 3.8) is 0 Å². The second kappa shape index (κ2) is 18.2. The lowest BCUT2D eigenvalue weighted by Crippen LogP contribution is -2.74. The zero-order chi connectivity index (χ0) is 39.2. The van der Waals surface area contributed by atoms with Crippen LogP contribution in [0.4, 0.5) is 9.59 Å². The van der Waals surface area contributed by atoms with Gasteiger partial charge in [-0.05, 0) is 156 Å². The van der Waals surface area contributed by atoms with Gasteiger partial charge in [0.05, 0.1) is 0 Å².